The van der Waals surface area contributed by atoms with E-state index in [0.717, 1.165) is 18.4 Å². The Labute approximate surface area is 117 Å². The molecule has 2 radical (unpaired) electrons. The highest BCUT2D eigenvalue weighted by molar-refractivity contribution is 6.17. The molecule has 0 aromatic rings. The number of hydrogen-bond acceptors (Lipinski definition) is 3. The van der Waals surface area contributed by atoms with Crippen LogP contribution in [0.2, 0.25) is 0 Å². The van der Waals surface area contributed by atoms with Crippen LogP contribution >= 0.6 is 0 Å². The van der Waals surface area contributed by atoms with Crippen molar-refractivity contribution in [1.82, 2.24) is 0 Å². The van der Waals surface area contributed by atoms with Gasteiger partial charge in [0.2, 0.25) is 0 Å². The first-order valence-electron chi connectivity index (χ1n) is 6.44. The van der Waals surface area contributed by atoms with Crippen LogP contribution in [0.4, 0.5) is 0 Å². The van der Waals surface area contributed by atoms with Crippen LogP contribution < -0.4 is 0 Å². The summed E-state index contributed by atoms with van der Waals surface area (Å²) >= 11 is 0. The molecule has 0 atom stereocenters. The Hall–Kier alpha value is -0.835. The number of allylic oxidation sites excluding steroid dienone is 4. The molecule has 0 amide bonds. The molecule has 0 unspecified atom stereocenters. The molecule has 0 spiro atoms. The van der Waals surface area contributed by atoms with E-state index in [-0.39, 0.29) is 6.61 Å². The molecule has 3 N–H and O–H groups in total. The lowest BCUT2D eigenvalue weighted by molar-refractivity contribution is -0.107. The van der Waals surface area contributed by atoms with Gasteiger partial charge in [0, 0.05) is 0 Å². The number of hydrogen-bond donors (Lipinski definition) is 3. The molecule has 1 aliphatic rings. The summed E-state index contributed by atoms with van der Waals surface area (Å²) in [6.45, 7) is 6.48. The lowest BCUT2D eigenvalue weighted by Crippen LogP contribution is -2.44. The van der Waals surface area contributed by atoms with Crippen LogP contribution in [0.1, 0.15) is 40.5 Å². The summed E-state index contributed by atoms with van der Waals surface area (Å²) < 4.78 is 0. The van der Waals surface area contributed by atoms with Gasteiger partial charge >= 0.3 is 0 Å². The molecule has 0 saturated carbocycles. The van der Waals surface area contributed by atoms with E-state index >= 15 is 0 Å². The van der Waals surface area contributed by atoms with Crippen molar-refractivity contribution in [2.75, 3.05) is 6.61 Å². The SMILES string of the molecule is CC(C)(O)C(C)(C)O.[B]/C=C/C1=CC=C(CO)CC1. The molecule has 0 bridgehead atoms. The van der Waals surface area contributed by atoms with Gasteiger partial charge in [-0.2, -0.15) is 0 Å². The van der Waals surface area contributed by atoms with Gasteiger partial charge < -0.3 is 15.3 Å². The van der Waals surface area contributed by atoms with E-state index in [1.807, 2.05) is 18.2 Å². The molecule has 3 nitrogen and oxygen atoms in total. The third kappa shape index (κ3) is 7.36. The minimum absolute atomic E-state index is 0.177. The quantitative estimate of drug-likeness (QED) is 0.681. The number of rotatable bonds is 3. The Balaban J connectivity index is 0.000000362. The smallest absolute Gasteiger partial charge is 0.102 e. The zero-order valence-corrected chi connectivity index (χ0v) is 12.3. The summed E-state index contributed by atoms with van der Waals surface area (Å²) in [5.74, 6) is 1.55. The van der Waals surface area contributed by atoms with Crippen molar-refractivity contribution in [3.05, 3.63) is 35.3 Å². The fourth-order valence-electron chi connectivity index (χ4n) is 1.09. The van der Waals surface area contributed by atoms with E-state index in [0.29, 0.717) is 0 Å². The van der Waals surface area contributed by atoms with E-state index in [9.17, 15) is 0 Å². The van der Waals surface area contributed by atoms with Crippen molar-refractivity contribution in [3.8, 4) is 0 Å². The van der Waals surface area contributed by atoms with Crippen LogP contribution in [0.3, 0.4) is 0 Å². The molecule has 0 aromatic heterocycles. The Morgan fingerprint density at radius 2 is 1.63 bits per heavy atom. The van der Waals surface area contributed by atoms with Crippen LogP contribution in [0.25, 0.3) is 0 Å². The monoisotopic (exact) mass is 264 g/mol. The zero-order chi connectivity index (χ0) is 15.1. The molecule has 106 valence electrons. The third-order valence-electron chi connectivity index (χ3n) is 3.28. The van der Waals surface area contributed by atoms with Crippen molar-refractivity contribution in [2.45, 2.75) is 51.7 Å². The van der Waals surface area contributed by atoms with Gasteiger partial charge in [0.25, 0.3) is 0 Å². The van der Waals surface area contributed by atoms with E-state index < -0.39 is 11.2 Å². The fourth-order valence-corrected chi connectivity index (χ4v) is 1.09. The van der Waals surface area contributed by atoms with Gasteiger partial charge in [-0.05, 0) is 51.7 Å². The molecular weight excluding hydrogens is 239 g/mol. The fraction of sp³-hybridized carbons (Fsp3) is 0.600. The van der Waals surface area contributed by atoms with Gasteiger partial charge in [-0.15, -0.1) is 5.98 Å². The van der Waals surface area contributed by atoms with Crippen LogP contribution in [-0.2, 0) is 0 Å². The average molecular weight is 264 g/mol. The second-order valence-electron chi connectivity index (χ2n) is 5.70. The summed E-state index contributed by atoms with van der Waals surface area (Å²) in [7, 11) is 5.24. The minimum Gasteiger partial charge on any atom is -0.392 e. The molecule has 0 heterocycles. The predicted molar refractivity (Wildman–Crippen MR) is 80.0 cm³/mol. The molecule has 4 heteroatoms. The number of aliphatic hydroxyl groups excluding tert-OH is 1. The molecule has 0 fully saturated rings. The van der Waals surface area contributed by atoms with Gasteiger partial charge in [0.1, 0.15) is 7.85 Å². The first-order chi connectivity index (χ1) is 8.61. The third-order valence-corrected chi connectivity index (χ3v) is 3.28. The average Bonchev–Trinajstić information content (AvgIpc) is 2.29. The second kappa shape index (κ2) is 7.68. The summed E-state index contributed by atoms with van der Waals surface area (Å²) in [5, 5.41) is 27.0. The van der Waals surface area contributed by atoms with Gasteiger partial charge in [-0.3, -0.25) is 0 Å². The largest absolute Gasteiger partial charge is 0.392 e. The maximum absolute atomic E-state index is 9.10. The second-order valence-corrected chi connectivity index (χ2v) is 5.70. The molecule has 19 heavy (non-hydrogen) atoms. The topological polar surface area (TPSA) is 60.7 Å². The molecule has 0 aromatic carbocycles. The standard InChI is InChI=1S/C9H11BO.C6H14O2/c10-6-5-8-1-3-9(7-11)4-2-8;1-5(2,7)6(3,4)8/h1,3,5-6,11H,2,4,7H2;7-8H,1-4H3/b6-5+;. The van der Waals surface area contributed by atoms with E-state index in [2.05, 4.69) is 0 Å². The van der Waals surface area contributed by atoms with Crippen LogP contribution in [-0.4, -0.2) is 41.0 Å². The predicted octanol–water partition coefficient (Wildman–Crippen LogP) is 1.84. The minimum atomic E-state index is -1.01. The maximum Gasteiger partial charge on any atom is 0.102 e. The Bertz CT molecular complexity index is 343. The Morgan fingerprint density at radius 1 is 1.11 bits per heavy atom. The van der Waals surface area contributed by atoms with Gasteiger partial charge in [-0.1, -0.05) is 18.2 Å². The van der Waals surface area contributed by atoms with Crippen molar-refractivity contribution in [1.29, 1.82) is 0 Å². The number of aliphatic hydroxyl groups is 3. The summed E-state index contributed by atoms with van der Waals surface area (Å²) in [6, 6.07) is 0. The molecule has 0 aliphatic heterocycles. The highest BCUT2D eigenvalue weighted by Gasteiger charge is 2.31. The van der Waals surface area contributed by atoms with E-state index in [4.69, 9.17) is 23.2 Å². The van der Waals surface area contributed by atoms with Gasteiger partial charge in [-0.25, -0.2) is 0 Å². The van der Waals surface area contributed by atoms with Crippen molar-refractivity contribution >= 4 is 7.85 Å². The maximum atomic E-state index is 9.10. The lowest BCUT2D eigenvalue weighted by Gasteiger charge is -2.31. The highest BCUT2D eigenvalue weighted by atomic mass is 16.3. The zero-order valence-electron chi connectivity index (χ0n) is 12.3. The molecule has 0 saturated heterocycles. The summed E-state index contributed by atoms with van der Waals surface area (Å²) in [6.07, 6.45) is 7.79. The highest BCUT2D eigenvalue weighted by Crippen LogP contribution is 2.19. The first-order valence-corrected chi connectivity index (χ1v) is 6.44. The molecule has 1 rings (SSSR count). The van der Waals surface area contributed by atoms with Gasteiger partial charge in [0.05, 0.1) is 17.8 Å². The molecule has 1 aliphatic carbocycles. The van der Waals surface area contributed by atoms with Crippen LogP contribution in [0.5, 0.6) is 0 Å². The molecular formula is C15H25BO3. The summed E-state index contributed by atoms with van der Waals surface area (Å²) in [5.41, 5.74) is 0.309. The summed E-state index contributed by atoms with van der Waals surface area (Å²) in [4.78, 5) is 0. The Kier molecular flexibility index (Phi) is 7.34. The van der Waals surface area contributed by atoms with E-state index in [1.165, 1.54) is 5.57 Å². The van der Waals surface area contributed by atoms with Crippen LogP contribution in [0.15, 0.2) is 35.3 Å². The van der Waals surface area contributed by atoms with Crippen molar-refractivity contribution < 1.29 is 15.3 Å². The first kappa shape index (κ1) is 18.2. The normalized spacial score (nSPS) is 16.6. The van der Waals surface area contributed by atoms with Crippen LogP contribution in [0, 0.1) is 0 Å². The Morgan fingerprint density at radius 3 is 1.89 bits per heavy atom. The van der Waals surface area contributed by atoms with Crippen molar-refractivity contribution in [2.24, 2.45) is 0 Å². The lowest BCUT2D eigenvalue weighted by atomic mass is 9.90. The van der Waals surface area contributed by atoms with Crippen molar-refractivity contribution in [3.63, 3.8) is 0 Å². The van der Waals surface area contributed by atoms with Gasteiger partial charge in [0.15, 0.2) is 0 Å². The van der Waals surface area contributed by atoms with E-state index in [1.54, 1.807) is 33.7 Å².